The minimum atomic E-state index is -0.580. The first kappa shape index (κ1) is 22.8. The average molecular weight is 491 g/mol. The van der Waals surface area contributed by atoms with Crippen molar-refractivity contribution >= 4 is 23.4 Å². The minimum absolute atomic E-state index is 0.0140. The standard InChI is InChI=1S/C25H23ClN6O3/c1-16(2)34-21-7-3-5-17(13-21)23-22(35-25(33)32(23)20-10-8-19(26)9-11-20)15-31-29-24(28-30-31)18-6-4-12-27-14-18/h3-14,16,22-23H,15H2,1-2H3/t22-,23-/m0/s1. The van der Waals surface area contributed by atoms with Crippen molar-refractivity contribution in [2.45, 2.75) is 38.6 Å². The van der Waals surface area contributed by atoms with Gasteiger partial charge in [0, 0.05) is 28.7 Å². The van der Waals surface area contributed by atoms with Gasteiger partial charge in [-0.3, -0.25) is 9.88 Å². The number of aromatic nitrogens is 5. The number of benzene rings is 2. The molecule has 2 aromatic heterocycles. The largest absolute Gasteiger partial charge is 0.491 e. The van der Waals surface area contributed by atoms with Gasteiger partial charge in [-0.2, -0.15) is 4.80 Å². The highest BCUT2D eigenvalue weighted by Gasteiger charge is 2.44. The Morgan fingerprint density at radius 1 is 1.11 bits per heavy atom. The van der Waals surface area contributed by atoms with E-state index in [4.69, 9.17) is 21.1 Å². The van der Waals surface area contributed by atoms with Gasteiger partial charge in [0.15, 0.2) is 0 Å². The second kappa shape index (κ2) is 9.71. The molecule has 0 saturated carbocycles. The van der Waals surface area contributed by atoms with E-state index in [1.807, 2.05) is 44.2 Å². The summed E-state index contributed by atoms with van der Waals surface area (Å²) in [7, 11) is 0. The molecule has 3 heterocycles. The van der Waals surface area contributed by atoms with Gasteiger partial charge in [0.25, 0.3) is 0 Å². The Bertz CT molecular complexity index is 1310. The number of hydrogen-bond acceptors (Lipinski definition) is 7. The van der Waals surface area contributed by atoms with Gasteiger partial charge in [0.2, 0.25) is 5.82 Å². The molecule has 0 spiro atoms. The summed E-state index contributed by atoms with van der Waals surface area (Å²) in [5.41, 5.74) is 2.28. The molecule has 178 valence electrons. The Morgan fingerprint density at radius 3 is 2.69 bits per heavy atom. The molecule has 0 unspecified atom stereocenters. The molecule has 1 saturated heterocycles. The van der Waals surface area contributed by atoms with E-state index < -0.39 is 18.2 Å². The van der Waals surface area contributed by atoms with Crippen molar-refractivity contribution in [3.05, 3.63) is 83.6 Å². The maximum Gasteiger partial charge on any atom is 0.415 e. The Hall–Kier alpha value is -3.98. The summed E-state index contributed by atoms with van der Waals surface area (Å²) in [6.07, 6.45) is 2.31. The molecular formula is C25H23ClN6O3. The summed E-state index contributed by atoms with van der Waals surface area (Å²) in [4.78, 5) is 20.3. The van der Waals surface area contributed by atoms with Crippen molar-refractivity contribution in [1.82, 2.24) is 25.2 Å². The second-order valence-electron chi connectivity index (χ2n) is 8.36. The van der Waals surface area contributed by atoms with Crippen LogP contribution in [0.25, 0.3) is 11.4 Å². The smallest absolute Gasteiger partial charge is 0.415 e. The lowest BCUT2D eigenvalue weighted by molar-refractivity contribution is 0.114. The molecule has 0 aliphatic carbocycles. The van der Waals surface area contributed by atoms with Crippen LogP contribution in [0.5, 0.6) is 5.75 Å². The van der Waals surface area contributed by atoms with Gasteiger partial charge in [-0.25, -0.2) is 4.79 Å². The van der Waals surface area contributed by atoms with Gasteiger partial charge in [0.1, 0.15) is 24.4 Å². The minimum Gasteiger partial charge on any atom is -0.491 e. The molecule has 9 nitrogen and oxygen atoms in total. The van der Waals surface area contributed by atoms with E-state index in [1.165, 1.54) is 4.80 Å². The normalized spacial score (nSPS) is 17.6. The third kappa shape index (κ3) is 4.95. The number of nitrogens with zero attached hydrogens (tertiary/aromatic N) is 6. The van der Waals surface area contributed by atoms with Gasteiger partial charge < -0.3 is 9.47 Å². The Balaban J connectivity index is 1.49. The number of cyclic esters (lactones) is 1. The second-order valence-corrected chi connectivity index (χ2v) is 8.80. The number of carbonyl (C=O) groups excluding carboxylic acids is 1. The number of ether oxygens (including phenoxy) is 2. The number of halogens is 1. The van der Waals surface area contributed by atoms with Crippen molar-refractivity contribution in [1.29, 1.82) is 0 Å². The van der Waals surface area contributed by atoms with Crippen LogP contribution in [0.15, 0.2) is 73.1 Å². The van der Waals surface area contributed by atoms with Crippen LogP contribution in [-0.4, -0.2) is 43.5 Å². The van der Waals surface area contributed by atoms with Crippen molar-refractivity contribution in [2.24, 2.45) is 0 Å². The molecule has 0 radical (unpaired) electrons. The van der Waals surface area contributed by atoms with Crippen LogP contribution in [0.1, 0.15) is 25.5 Å². The van der Waals surface area contributed by atoms with Crippen LogP contribution < -0.4 is 9.64 Å². The van der Waals surface area contributed by atoms with E-state index in [1.54, 1.807) is 47.6 Å². The molecule has 1 aliphatic heterocycles. The van der Waals surface area contributed by atoms with Crippen LogP contribution in [0.2, 0.25) is 5.02 Å². The summed E-state index contributed by atoms with van der Waals surface area (Å²) in [6.45, 7) is 4.14. The van der Waals surface area contributed by atoms with E-state index in [2.05, 4.69) is 20.4 Å². The Labute approximate surface area is 207 Å². The molecule has 0 bridgehead atoms. The Kier molecular flexibility index (Phi) is 6.33. The third-order valence-electron chi connectivity index (χ3n) is 5.47. The average Bonchev–Trinajstić information content (AvgIpc) is 3.44. The predicted octanol–water partition coefficient (Wildman–Crippen LogP) is 4.94. The number of carbonyl (C=O) groups is 1. The highest BCUT2D eigenvalue weighted by Crippen LogP contribution is 2.39. The highest BCUT2D eigenvalue weighted by molar-refractivity contribution is 6.30. The zero-order valence-electron chi connectivity index (χ0n) is 19.2. The van der Waals surface area contributed by atoms with Gasteiger partial charge >= 0.3 is 6.09 Å². The number of pyridine rings is 1. The molecule has 4 aromatic rings. The lowest BCUT2D eigenvalue weighted by atomic mass is 9.99. The van der Waals surface area contributed by atoms with Crippen LogP contribution in [0, 0.1) is 0 Å². The quantitative estimate of drug-likeness (QED) is 0.362. The summed E-state index contributed by atoms with van der Waals surface area (Å²) in [6, 6.07) is 18.0. The van der Waals surface area contributed by atoms with Gasteiger partial charge in [-0.15, -0.1) is 10.2 Å². The summed E-state index contributed by atoms with van der Waals surface area (Å²) in [5, 5.41) is 13.3. The van der Waals surface area contributed by atoms with Gasteiger partial charge in [-0.05, 0) is 73.2 Å². The van der Waals surface area contributed by atoms with E-state index in [-0.39, 0.29) is 12.6 Å². The van der Waals surface area contributed by atoms with E-state index >= 15 is 0 Å². The number of anilines is 1. The zero-order chi connectivity index (χ0) is 24.4. The molecular weight excluding hydrogens is 468 g/mol. The van der Waals surface area contributed by atoms with Crippen LogP contribution in [-0.2, 0) is 11.3 Å². The summed E-state index contributed by atoms with van der Waals surface area (Å²) in [5.74, 6) is 1.16. The van der Waals surface area contributed by atoms with E-state index in [0.717, 1.165) is 11.1 Å². The monoisotopic (exact) mass is 490 g/mol. The predicted molar refractivity (Wildman–Crippen MR) is 130 cm³/mol. The lowest BCUT2D eigenvalue weighted by Crippen LogP contribution is -2.31. The molecule has 2 atom stereocenters. The maximum absolute atomic E-state index is 13.1. The topological polar surface area (TPSA) is 95.3 Å². The first-order chi connectivity index (χ1) is 17.0. The van der Waals surface area contributed by atoms with E-state index in [9.17, 15) is 4.79 Å². The summed E-state index contributed by atoms with van der Waals surface area (Å²) >= 11 is 6.08. The number of amides is 1. The van der Waals surface area contributed by atoms with Crippen LogP contribution in [0.4, 0.5) is 10.5 Å². The first-order valence-electron chi connectivity index (χ1n) is 11.2. The van der Waals surface area contributed by atoms with Gasteiger partial charge in [-0.1, -0.05) is 23.7 Å². The molecule has 5 rings (SSSR count). The fourth-order valence-corrected chi connectivity index (χ4v) is 4.16. The number of rotatable bonds is 7. The molecule has 2 aromatic carbocycles. The summed E-state index contributed by atoms with van der Waals surface area (Å²) < 4.78 is 11.7. The van der Waals surface area contributed by atoms with Crippen molar-refractivity contribution < 1.29 is 14.3 Å². The maximum atomic E-state index is 13.1. The molecule has 1 aliphatic rings. The molecule has 10 heteroatoms. The fourth-order valence-electron chi connectivity index (χ4n) is 4.04. The zero-order valence-corrected chi connectivity index (χ0v) is 19.9. The lowest BCUT2D eigenvalue weighted by Gasteiger charge is -2.25. The van der Waals surface area contributed by atoms with Crippen LogP contribution in [0.3, 0.4) is 0 Å². The van der Waals surface area contributed by atoms with Crippen LogP contribution >= 0.6 is 11.6 Å². The highest BCUT2D eigenvalue weighted by atomic mass is 35.5. The number of hydrogen-bond donors (Lipinski definition) is 0. The molecule has 0 N–H and O–H groups in total. The van der Waals surface area contributed by atoms with E-state index in [0.29, 0.717) is 22.3 Å². The van der Waals surface area contributed by atoms with Crippen molar-refractivity contribution in [3.8, 4) is 17.1 Å². The SMILES string of the molecule is CC(C)Oc1cccc([C@H]2[C@H](Cn3nnc(-c4cccnc4)n3)OC(=O)N2c2ccc(Cl)cc2)c1. The molecule has 1 fully saturated rings. The fraction of sp³-hybridized carbons (Fsp3) is 0.240. The molecule has 35 heavy (non-hydrogen) atoms. The van der Waals surface area contributed by atoms with Gasteiger partial charge in [0.05, 0.1) is 6.10 Å². The number of tetrazole rings is 1. The van der Waals surface area contributed by atoms with Crippen molar-refractivity contribution in [2.75, 3.05) is 4.90 Å². The third-order valence-corrected chi connectivity index (χ3v) is 5.72. The Morgan fingerprint density at radius 2 is 1.94 bits per heavy atom. The van der Waals surface area contributed by atoms with Crippen molar-refractivity contribution in [3.63, 3.8) is 0 Å². The molecule has 1 amide bonds. The first-order valence-corrected chi connectivity index (χ1v) is 11.6.